The molecule has 94 valence electrons. The summed E-state index contributed by atoms with van der Waals surface area (Å²) in [5.74, 6) is -0.281. The van der Waals surface area contributed by atoms with Gasteiger partial charge in [-0.05, 0) is 24.2 Å². The number of aromatic nitrogens is 1. The van der Waals surface area contributed by atoms with Gasteiger partial charge < -0.3 is 10.5 Å². The third kappa shape index (κ3) is 2.49. The number of carbonyl (C=O) groups is 1. The Morgan fingerprint density at radius 3 is 2.89 bits per heavy atom. The monoisotopic (exact) mass is 244 g/mol. The van der Waals surface area contributed by atoms with E-state index in [9.17, 15) is 4.79 Å². The summed E-state index contributed by atoms with van der Waals surface area (Å²) in [4.78, 5) is 15.7. The van der Waals surface area contributed by atoms with Crippen molar-refractivity contribution in [2.75, 3.05) is 13.7 Å². The Bertz CT molecular complexity index is 549. The number of ether oxygens (including phenoxy) is 1. The van der Waals surface area contributed by atoms with Crippen molar-refractivity contribution in [2.45, 2.75) is 12.3 Å². The number of pyridine rings is 1. The third-order valence-corrected chi connectivity index (χ3v) is 3.05. The Labute approximate surface area is 106 Å². The van der Waals surface area contributed by atoms with Gasteiger partial charge in [0, 0.05) is 17.5 Å². The van der Waals surface area contributed by atoms with Crippen LogP contribution in [0.4, 0.5) is 0 Å². The molecule has 1 heterocycles. The van der Waals surface area contributed by atoms with Crippen LogP contribution in [0.15, 0.2) is 36.5 Å². The maximum Gasteiger partial charge on any atom is 0.306 e. The van der Waals surface area contributed by atoms with E-state index in [-0.39, 0.29) is 11.9 Å². The summed E-state index contributed by atoms with van der Waals surface area (Å²) >= 11 is 0. The van der Waals surface area contributed by atoms with Crippen molar-refractivity contribution in [3.8, 4) is 0 Å². The largest absolute Gasteiger partial charge is 0.469 e. The van der Waals surface area contributed by atoms with Crippen molar-refractivity contribution in [3.63, 3.8) is 0 Å². The van der Waals surface area contributed by atoms with E-state index in [1.165, 1.54) is 7.11 Å². The van der Waals surface area contributed by atoms with Crippen molar-refractivity contribution in [2.24, 2.45) is 5.73 Å². The smallest absolute Gasteiger partial charge is 0.306 e. The zero-order valence-electron chi connectivity index (χ0n) is 10.3. The van der Waals surface area contributed by atoms with Gasteiger partial charge in [0.2, 0.25) is 0 Å². The molecule has 18 heavy (non-hydrogen) atoms. The molecule has 0 aliphatic rings. The minimum absolute atomic E-state index is 0.0367. The summed E-state index contributed by atoms with van der Waals surface area (Å²) in [5.41, 5.74) is 7.74. The predicted octanol–water partition coefficient (Wildman–Crippen LogP) is 1.84. The lowest BCUT2D eigenvalue weighted by Crippen LogP contribution is -2.17. The Morgan fingerprint density at radius 1 is 1.39 bits per heavy atom. The minimum Gasteiger partial charge on any atom is -0.469 e. The van der Waals surface area contributed by atoms with Gasteiger partial charge in [0.25, 0.3) is 0 Å². The lowest BCUT2D eigenvalue weighted by atomic mass is 9.93. The summed E-state index contributed by atoms with van der Waals surface area (Å²) in [6, 6.07) is 9.76. The molecule has 0 amide bonds. The number of methoxy groups -OCH3 is 1. The molecule has 1 unspecified atom stereocenters. The van der Waals surface area contributed by atoms with Crippen LogP contribution >= 0.6 is 0 Å². The molecule has 4 nitrogen and oxygen atoms in total. The van der Waals surface area contributed by atoms with E-state index in [0.717, 1.165) is 16.5 Å². The fraction of sp³-hybridized carbons (Fsp3) is 0.286. The molecular weight excluding hydrogens is 228 g/mol. The van der Waals surface area contributed by atoms with Gasteiger partial charge in [-0.15, -0.1) is 0 Å². The normalized spacial score (nSPS) is 12.3. The summed E-state index contributed by atoms with van der Waals surface area (Å²) in [5, 5.41) is 1.04. The minimum atomic E-state index is -0.244. The molecule has 1 atom stereocenters. The Balaban J connectivity index is 2.41. The quantitative estimate of drug-likeness (QED) is 0.833. The Morgan fingerprint density at radius 2 is 2.17 bits per heavy atom. The highest BCUT2D eigenvalue weighted by Gasteiger charge is 2.17. The van der Waals surface area contributed by atoms with Gasteiger partial charge in [-0.25, -0.2) is 0 Å². The molecule has 0 bridgehead atoms. The van der Waals surface area contributed by atoms with Crippen LogP contribution in [0.3, 0.4) is 0 Å². The number of hydrogen-bond acceptors (Lipinski definition) is 4. The first-order valence-electron chi connectivity index (χ1n) is 5.86. The van der Waals surface area contributed by atoms with Crippen LogP contribution in [0.5, 0.6) is 0 Å². The average molecular weight is 244 g/mol. The van der Waals surface area contributed by atoms with Crippen LogP contribution in [0.25, 0.3) is 10.9 Å². The van der Waals surface area contributed by atoms with Gasteiger partial charge in [-0.2, -0.15) is 0 Å². The second-order valence-corrected chi connectivity index (χ2v) is 4.13. The molecule has 2 aromatic rings. The first kappa shape index (κ1) is 12.5. The van der Waals surface area contributed by atoms with Crippen molar-refractivity contribution in [3.05, 3.63) is 42.1 Å². The van der Waals surface area contributed by atoms with Crippen molar-refractivity contribution in [1.82, 2.24) is 4.98 Å². The number of rotatable bonds is 4. The number of nitrogens with zero attached hydrogens (tertiary/aromatic N) is 1. The molecule has 0 aliphatic heterocycles. The van der Waals surface area contributed by atoms with E-state index in [1.54, 1.807) is 6.20 Å². The van der Waals surface area contributed by atoms with Gasteiger partial charge in [0.1, 0.15) is 0 Å². The van der Waals surface area contributed by atoms with Crippen LogP contribution in [0, 0.1) is 0 Å². The van der Waals surface area contributed by atoms with Crippen molar-refractivity contribution >= 4 is 16.9 Å². The van der Waals surface area contributed by atoms with Crippen LogP contribution in [-0.2, 0) is 9.53 Å². The zero-order valence-corrected chi connectivity index (χ0v) is 10.3. The highest BCUT2D eigenvalue weighted by molar-refractivity contribution is 5.83. The molecule has 0 saturated carbocycles. The maximum atomic E-state index is 11.4. The number of para-hydroxylation sites is 1. The highest BCUT2D eigenvalue weighted by Crippen LogP contribution is 2.26. The summed E-state index contributed by atoms with van der Waals surface area (Å²) in [6.07, 6.45) is 2.04. The van der Waals surface area contributed by atoms with Crippen LogP contribution in [0.2, 0.25) is 0 Å². The van der Waals surface area contributed by atoms with Crippen LogP contribution in [-0.4, -0.2) is 24.6 Å². The molecule has 0 fully saturated rings. The number of carbonyl (C=O) groups excluding carboxylic acids is 1. The highest BCUT2D eigenvalue weighted by atomic mass is 16.5. The summed E-state index contributed by atoms with van der Waals surface area (Å²) in [6.45, 7) is 0.406. The van der Waals surface area contributed by atoms with E-state index in [2.05, 4.69) is 4.98 Å². The van der Waals surface area contributed by atoms with Gasteiger partial charge in [-0.3, -0.25) is 9.78 Å². The maximum absolute atomic E-state index is 11.4. The van der Waals surface area contributed by atoms with Crippen molar-refractivity contribution < 1.29 is 9.53 Å². The summed E-state index contributed by atoms with van der Waals surface area (Å²) < 4.78 is 4.71. The van der Waals surface area contributed by atoms with Gasteiger partial charge in [-0.1, -0.05) is 18.2 Å². The van der Waals surface area contributed by atoms with E-state index in [4.69, 9.17) is 10.5 Å². The second kappa shape index (κ2) is 5.60. The lowest BCUT2D eigenvalue weighted by Gasteiger charge is -2.15. The molecule has 1 aromatic carbocycles. The molecule has 0 aliphatic carbocycles. The van der Waals surface area contributed by atoms with E-state index in [0.29, 0.717) is 13.0 Å². The first-order chi connectivity index (χ1) is 8.76. The predicted molar refractivity (Wildman–Crippen MR) is 70.2 cm³/mol. The van der Waals surface area contributed by atoms with Gasteiger partial charge in [0.05, 0.1) is 19.0 Å². The SMILES string of the molecule is COC(=O)CC(CN)c1ccnc2ccccc12. The molecule has 0 spiro atoms. The Hall–Kier alpha value is -1.94. The number of fused-ring (bicyclic) bond motifs is 1. The van der Waals surface area contributed by atoms with E-state index in [1.807, 2.05) is 30.3 Å². The third-order valence-electron chi connectivity index (χ3n) is 3.05. The van der Waals surface area contributed by atoms with Crippen LogP contribution in [0.1, 0.15) is 17.9 Å². The lowest BCUT2D eigenvalue weighted by molar-refractivity contribution is -0.141. The fourth-order valence-corrected chi connectivity index (χ4v) is 2.08. The summed E-state index contributed by atoms with van der Waals surface area (Å²) in [7, 11) is 1.39. The second-order valence-electron chi connectivity index (χ2n) is 4.13. The molecule has 2 rings (SSSR count). The van der Waals surface area contributed by atoms with E-state index < -0.39 is 0 Å². The molecule has 0 radical (unpaired) electrons. The van der Waals surface area contributed by atoms with Gasteiger partial charge >= 0.3 is 5.97 Å². The Kier molecular flexibility index (Phi) is 3.89. The number of esters is 1. The standard InChI is InChI=1S/C14H16N2O2/c1-18-14(17)8-10(9-15)11-6-7-16-13-5-3-2-4-12(11)13/h2-7,10H,8-9,15H2,1H3. The molecular formula is C14H16N2O2. The number of hydrogen-bond donors (Lipinski definition) is 1. The van der Waals surface area contributed by atoms with Gasteiger partial charge in [0.15, 0.2) is 0 Å². The van der Waals surface area contributed by atoms with Crippen molar-refractivity contribution in [1.29, 1.82) is 0 Å². The molecule has 1 aromatic heterocycles. The number of benzene rings is 1. The molecule has 4 heteroatoms. The average Bonchev–Trinajstić information content (AvgIpc) is 2.44. The topological polar surface area (TPSA) is 65.2 Å². The molecule has 0 saturated heterocycles. The molecule has 2 N–H and O–H groups in total. The van der Waals surface area contributed by atoms with Crippen LogP contribution < -0.4 is 5.73 Å². The number of nitrogens with two attached hydrogens (primary N) is 1. The zero-order chi connectivity index (χ0) is 13.0. The fourth-order valence-electron chi connectivity index (χ4n) is 2.08. The van der Waals surface area contributed by atoms with E-state index >= 15 is 0 Å². The first-order valence-corrected chi connectivity index (χ1v) is 5.86.